The lowest BCUT2D eigenvalue weighted by molar-refractivity contribution is -0.139. The van der Waals surface area contributed by atoms with Crippen molar-refractivity contribution in [2.75, 3.05) is 7.11 Å². The van der Waals surface area contributed by atoms with Crippen LogP contribution in [0.2, 0.25) is 0 Å². The van der Waals surface area contributed by atoms with Crippen LogP contribution in [-0.4, -0.2) is 18.2 Å². The first-order valence-electron chi connectivity index (χ1n) is 6.76. The van der Waals surface area contributed by atoms with E-state index in [2.05, 4.69) is 5.32 Å². The molecule has 21 heavy (non-hydrogen) atoms. The van der Waals surface area contributed by atoms with Gasteiger partial charge in [0.05, 0.1) is 7.11 Å². The number of hydrogen-bond donors (Lipinski definition) is 2. The third-order valence-corrected chi connectivity index (χ3v) is 3.33. The highest BCUT2D eigenvalue weighted by Crippen LogP contribution is 2.18. The highest BCUT2D eigenvalue weighted by atomic mass is 16.5. The summed E-state index contributed by atoms with van der Waals surface area (Å²) in [5.41, 5.74) is 2.94. The van der Waals surface area contributed by atoms with E-state index in [-0.39, 0.29) is 0 Å². The quantitative estimate of drug-likeness (QED) is 0.856. The second-order valence-electron chi connectivity index (χ2n) is 4.91. The van der Waals surface area contributed by atoms with Gasteiger partial charge in [-0.25, -0.2) is 0 Å². The van der Waals surface area contributed by atoms with E-state index in [9.17, 15) is 9.90 Å². The van der Waals surface area contributed by atoms with Crippen LogP contribution in [0, 0.1) is 6.92 Å². The minimum absolute atomic E-state index is 0.503. The van der Waals surface area contributed by atoms with Gasteiger partial charge in [-0.2, -0.15) is 0 Å². The van der Waals surface area contributed by atoms with Gasteiger partial charge in [0.2, 0.25) is 0 Å². The average Bonchev–Trinajstić information content (AvgIpc) is 2.49. The van der Waals surface area contributed by atoms with Crippen molar-refractivity contribution < 1.29 is 14.6 Å². The zero-order valence-electron chi connectivity index (χ0n) is 12.2. The third kappa shape index (κ3) is 4.07. The minimum Gasteiger partial charge on any atom is -0.497 e. The Morgan fingerprint density at radius 3 is 2.29 bits per heavy atom. The zero-order valence-corrected chi connectivity index (χ0v) is 12.2. The first kappa shape index (κ1) is 15.1. The average molecular weight is 285 g/mol. The number of carbonyl (C=O) groups is 1. The van der Waals surface area contributed by atoms with Crippen molar-refractivity contribution >= 4 is 5.97 Å². The second kappa shape index (κ2) is 6.90. The highest BCUT2D eigenvalue weighted by molar-refractivity contribution is 5.75. The minimum atomic E-state index is -0.896. The van der Waals surface area contributed by atoms with Gasteiger partial charge in [0.25, 0.3) is 0 Å². The van der Waals surface area contributed by atoms with E-state index in [1.54, 1.807) is 31.4 Å². The number of ether oxygens (including phenoxy) is 1. The van der Waals surface area contributed by atoms with Gasteiger partial charge in [0, 0.05) is 6.54 Å². The van der Waals surface area contributed by atoms with Crippen LogP contribution in [-0.2, 0) is 11.3 Å². The summed E-state index contributed by atoms with van der Waals surface area (Å²) in [6, 6.07) is 14.3. The Morgan fingerprint density at radius 2 is 1.76 bits per heavy atom. The smallest absolute Gasteiger partial charge is 0.325 e. The molecule has 0 aromatic heterocycles. The summed E-state index contributed by atoms with van der Waals surface area (Å²) in [4.78, 5) is 11.4. The normalized spacial score (nSPS) is 11.9. The second-order valence-corrected chi connectivity index (χ2v) is 4.91. The van der Waals surface area contributed by atoms with E-state index in [0.29, 0.717) is 17.9 Å². The number of methoxy groups -OCH3 is 1. The van der Waals surface area contributed by atoms with E-state index in [4.69, 9.17) is 4.74 Å². The summed E-state index contributed by atoms with van der Waals surface area (Å²) in [6.07, 6.45) is 0. The van der Waals surface area contributed by atoms with Gasteiger partial charge in [0.15, 0.2) is 0 Å². The van der Waals surface area contributed by atoms with Crippen molar-refractivity contribution in [3.05, 3.63) is 65.2 Å². The molecule has 0 aliphatic rings. The van der Waals surface area contributed by atoms with Crippen LogP contribution in [0.3, 0.4) is 0 Å². The van der Waals surface area contributed by atoms with Gasteiger partial charge < -0.3 is 9.84 Å². The fourth-order valence-corrected chi connectivity index (χ4v) is 2.07. The fraction of sp³-hybridized carbons (Fsp3) is 0.235. The molecule has 2 aromatic carbocycles. The summed E-state index contributed by atoms with van der Waals surface area (Å²) in [7, 11) is 1.58. The molecule has 0 aliphatic heterocycles. The molecule has 0 fully saturated rings. The van der Waals surface area contributed by atoms with Gasteiger partial charge in [-0.3, -0.25) is 10.1 Å². The lowest BCUT2D eigenvalue weighted by Crippen LogP contribution is -2.28. The number of carboxylic acids is 1. The largest absolute Gasteiger partial charge is 0.497 e. The predicted molar refractivity (Wildman–Crippen MR) is 81.4 cm³/mol. The van der Waals surface area contributed by atoms with Crippen LogP contribution in [0.25, 0.3) is 0 Å². The van der Waals surface area contributed by atoms with Crippen molar-refractivity contribution in [1.29, 1.82) is 0 Å². The number of benzene rings is 2. The summed E-state index contributed by atoms with van der Waals surface area (Å²) < 4.78 is 5.08. The number of hydrogen-bond acceptors (Lipinski definition) is 3. The van der Waals surface area contributed by atoms with Gasteiger partial charge in [-0.1, -0.05) is 42.0 Å². The molecule has 0 saturated carbocycles. The van der Waals surface area contributed by atoms with Crippen LogP contribution in [0.1, 0.15) is 22.7 Å². The first-order chi connectivity index (χ1) is 10.1. The van der Waals surface area contributed by atoms with Crippen LogP contribution in [0.4, 0.5) is 0 Å². The molecule has 2 N–H and O–H groups in total. The molecule has 2 aromatic rings. The Kier molecular flexibility index (Phi) is 4.95. The van der Waals surface area contributed by atoms with Crippen molar-refractivity contribution in [2.24, 2.45) is 0 Å². The molecular formula is C17H19NO3. The predicted octanol–water partition coefficient (Wildman–Crippen LogP) is 2.92. The molecule has 4 nitrogen and oxygen atoms in total. The monoisotopic (exact) mass is 285 g/mol. The van der Waals surface area contributed by atoms with Crippen LogP contribution in [0.15, 0.2) is 48.5 Å². The zero-order chi connectivity index (χ0) is 15.2. The van der Waals surface area contributed by atoms with Crippen molar-refractivity contribution in [2.45, 2.75) is 19.5 Å². The summed E-state index contributed by atoms with van der Waals surface area (Å²) in [6.45, 7) is 2.53. The fourth-order valence-electron chi connectivity index (χ4n) is 2.07. The summed E-state index contributed by atoms with van der Waals surface area (Å²) in [5, 5.41) is 12.4. The molecule has 0 bridgehead atoms. The molecule has 1 atom stereocenters. The molecular weight excluding hydrogens is 266 g/mol. The molecule has 0 amide bonds. The molecule has 4 heteroatoms. The molecule has 0 heterocycles. The van der Waals surface area contributed by atoms with Gasteiger partial charge in [0.1, 0.15) is 11.8 Å². The van der Waals surface area contributed by atoms with Crippen molar-refractivity contribution in [3.8, 4) is 5.75 Å². The van der Waals surface area contributed by atoms with Gasteiger partial charge >= 0.3 is 5.97 Å². The SMILES string of the molecule is COc1ccc(C(NCc2ccc(C)cc2)C(=O)O)cc1. The standard InChI is InChI=1S/C17H19NO3/c1-12-3-5-13(6-4-12)11-18-16(17(19)20)14-7-9-15(21-2)10-8-14/h3-10,16,18H,11H2,1-2H3,(H,19,20). The number of aliphatic carboxylic acids is 1. The summed E-state index contributed by atoms with van der Waals surface area (Å²) >= 11 is 0. The molecule has 2 rings (SSSR count). The lowest BCUT2D eigenvalue weighted by atomic mass is 10.1. The molecule has 0 radical (unpaired) electrons. The van der Waals surface area contributed by atoms with Gasteiger partial charge in [-0.15, -0.1) is 0 Å². The Bertz CT molecular complexity index is 590. The number of rotatable bonds is 6. The first-order valence-corrected chi connectivity index (χ1v) is 6.76. The van der Waals surface area contributed by atoms with Crippen molar-refractivity contribution in [3.63, 3.8) is 0 Å². The van der Waals surface area contributed by atoms with Crippen LogP contribution >= 0.6 is 0 Å². The maximum atomic E-state index is 11.4. The number of nitrogens with one attached hydrogen (secondary N) is 1. The lowest BCUT2D eigenvalue weighted by Gasteiger charge is -2.15. The Labute approximate surface area is 124 Å². The Hall–Kier alpha value is -2.33. The highest BCUT2D eigenvalue weighted by Gasteiger charge is 2.18. The van der Waals surface area contributed by atoms with E-state index in [1.807, 2.05) is 31.2 Å². The third-order valence-electron chi connectivity index (χ3n) is 3.33. The van der Waals surface area contributed by atoms with Crippen molar-refractivity contribution in [1.82, 2.24) is 5.32 Å². The maximum absolute atomic E-state index is 11.4. The Morgan fingerprint density at radius 1 is 1.14 bits per heavy atom. The Balaban J connectivity index is 2.08. The number of carboxylic acid groups (broad SMARTS) is 1. The van der Waals surface area contributed by atoms with Crippen LogP contribution < -0.4 is 10.1 Å². The van der Waals surface area contributed by atoms with E-state index in [0.717, 1.165) is 5.56 Å². The molecule has 0 spiro atoms. The van der Waals surface area contributed by atoms with Gasteiger partial charge in [-0.05, 0) is 30.2 Å². The van der Waals surface area contributed by atoms with E-state index in [1.165, 1.54) is 5.56 Å². The van der Waals surface area contributed by atoms with E-state index >= 15 is 0 Å². The maximum Gasteiger partial charge on any atom is 0.325 e. The van der Waals surface area contributed by atoms with E-state index < -0.39 is 12.0 Å². The molecule has 1 unspecified atom stereocenters. The number of aryl methyl sites for hydroxylation is 1. The topological polar surface area (TPSA) is 58.6 Å². The molecule has 110 valence electrons. The van der Waals surface area contributed by atoms with Crippen LogP contribution in [0.5, 0.6) is 5.75 Å². The summed E-state index contributed by atoms with van der Waals surface area (Å²) in [5.74, 6) is -0.186. The molecule has 0 aliphatic carbocycles. The molecule has 0 saturated heterocycles.